The number of hydrogen-bond acceptors (Lipinski definition) is 11. The summed E-state index contributed by atoms with van der Waals surface area (Å²) in [5, 5.41) is 30.3. The molecule has 0 aliphatic heterocycles. The Morgan fingerprint density at radius 2 is 1.37 bits per heavy atom. The fourth-order valence-corrected chi connectivity index (χ4v) is 4.46. The first-order chi connectivity index (χ1) is 23.0. The van der Waals surface area contributed by atoms with Gasteiger partial charge in [-0.1, -0.05) is 53.6 Å². The number of carbonyl (C=O) groups is 3. The summed E-state index contributed by atoms with van der Waals surface area (Å²) in [5.41, 5.74) is 0.773. The Kier molecular flexibility index (Phi) is 16.0. The van der Waals surface area contributed by atoms with E-state index in [9.17, 15) is 24.6 Å². The van der Waals surface area contributed by atoms with Crippen molar-refractivity contribution in [1.82, 2.24) is 0 Å². The summed E-state index contributed by atoms with van der Waals surface area (Å²) in [4.78, 5) is 43.8. The number of hydrogen-bond donors (Lipinski definition) is 4. The van der Waals surface area contributed by atoms with Gasteiger partial charge in [0.1, 0.15) is 29.4 Å². The van der Waals surface area contributed by atoms with Gasteiger partial charge in [-0.15, -0.1) is 0 Å². The fourth-order valence-electron chi connectivity index (χ4n) is 4.46. The van der Waals surface area contributed by atoms with E-state index in [-0.39, 0.29) is 34.4 Å². The monoisotopic (exact) mass is 687 g/mol. The number of nitrogens with one attached hydrogen (secondary N) is 2. The van der Waals surface area contributed by atoms with Crippen LogP contribution < -0.4 is 20.1 Å². The van der Waals surface area contributed by atoms with Crippen molar-refractivity contribution in [3.8, 4) is 11.5 Å². The number of carbonyl (C=O) groups excluding carboxylic acids is 3. The van der Waals surface area contributed by atoms with Gasteiger partial charge in [-0.05, 0) is 67.0 Å². The summed E-state index contributed by atoms with van der Waals surface area (Å²) in [6.07, 6.45) is -2.55. The van der Waals surface area contributed by atoms with Gasteiger partial charge in [0, 0.05) is 12.7 Å². The highest BCUT2D eigenvalue weighted by atomic mass is 16.6. The lowest BCUT2D eigenvalue weighted by molar-refractivity contribution is -0.120. The first kappa shape index (κ1) is 41.0. The van der Waals surface area contributed by atoms with Crippen molar-refractivity contribution < 1.29 is 48.4 Å². The number of anilines is 2. The number of rotatable bonds is 19. The molecule has 0 aromatic heterocycles. The highest BCUT2D eigenvalue weighted by molar-refractivity contribution is 6.06. The topological polar surface area (TPSA) is 174 Å². The minimum atomic E-state index is -1.38. The molecule has 2 aromatic rings. The molecule has 3 atom stereocenters. The van der Waals surface area contributed by atoms with Gasteiger partial charge in [-0.3, -0.25) is 9.59 Å². The van der Waals surface area contributed by atoms with Crippen molar-refractivity contribution in [2.45, 2.75) is 80.1 Å². The summed E-state index contributed by atoms with van der Waals surface area (Å²) >= 11 is 0. The molecule has 0 spiro atoms. The van der Waals surface area contributed by atoms with Gasteiger partial charge >= 0.3 is 5.97 Å². The van der Waals surface area contributed by atoms with Gasteiger partial charge in [0.25, 0.3) is 11.8 Å². The molecule has 4 N–H and O–H groups in total. The highest BCUT2D eigenvalue weighted by Crippen LogP contribution is 2.31. The minimum absolute atomic E-state index is 0.0613. The Labute approximate surface area is 289 Å². The number of amides is 2. The average Bonchev–Trinajstić information content (AvgIpc) is 3.05. The minimum Gasteiger partial charge on any atom is -0.491 e. The first-order valence-corrected chi connectivity index (χ1v) is 16.4. The van der Waals surface area contributed by atoms with E-state index in [1.807, 2.05) is 48.5 Å². The van der Waals surface area contributed by atoms with Crippen LogP contribution in [0.4, 0.5) is 11.4 Å². The van der Waals surface area contributed by atoms with E-state index >= 15 is 0 Å². The number of aliphatic hydroxyl groups is 2. The third kappa shape index (κ3) is 12.3. The predicted molar refractivity (Wildman–Crippen MR) is 187 cm³/mol. The molecule has 13 nitrogen and oxygen atoms in total. The number of esters is 1. The SMILES string of the molecule is CCC(C)(C)[C@H](OC)/C(=N/OCC(=O)Nc1ccc(C(=O)Nc2ccc(C(=O)OC)cc2OCC(C)C)cc1OCC(C)C)[C@@H](O)[C@@H](C)O. The largest absolute Gasteiger partial charge is 0.491 e. The Hall–Kier alpha value is -4.20. The highest BCUT2D eigenvalue weighted by Gasteiger charge is 2.37. The van der Waals surface area contributed by atoms with Gasteiger partial charge in [0.05, 0.1) is 43.4 Å². The molecule has 0 aliphatic carbocycles. The predicted octanol–water partition coefficient (Wildman–Crippen LogP) is 5.30. The Morgan fingerprint density at radius 3 is 1.86 bits per heavy atom. The summed E-state index contributed by atoms with van der Waals surface area (Å²) in [5.74, 6) is -0.685. The lowest BCUT2D eigenvalue weighted by atomic mass is 9.79. The molecular formula is C36H53N3O10. The molecule has 0 heterocycles. The molecule has 272 valence electrons. The molecule has 0 aliphatic rings. The van der Waals surface area contributed by atoms with Crippen LogP contribution in [0.15, 0.2) is 41.6 Å². The average molecular weight is 688 g/mol. The van der Waals surface area contributed by atoms with E-state index in [0.717, 1.165) is 0 Å². The van der Waals surface area contributed by atoms with E-state index in [1.54, 1.807) is 6.07 Å². The van der Waals surface area contributed by atoms with Crippen molar-refractivity contribution >= 4 is 34.9 Å². The summed E-state index contributed by atoms with van der Waals surface area (Å²) in [7, 11) is 2.76. The van der Waals surface area contributed by atoms with Crippen LogP contribution >= 0.6 is 0 Å². The molecule has 0 saturated carbocycles. The summed E-state index contributed by atoms with van der Waals surface area (Å²) < 4.78 is 22.3. The van der Waals surface area contributed by atoms with Gasteiger partial charge in [-0.2, -0.15) is 0 Å². The number of oxime groups is 1. The van der Waals surface area contributed by atoms with E-state index in [4.69, 9.17) is 23.8 Å². The van der Waals surface area contributed by atoms with Gasteiger partial charge in [-0.25, -0.2) is 4.79 Å². The van der Waals surface area contributed by atoms with E-state index < -0.39 is 48.1 Å². The van der Waals surface area contributed by atoms with Crippen LogP contribution in [0.2, 0.25) is 0 Å². The molecule has 0 fully saturated rings. The lowest BCUT2D eigenvalue weighted by Crippen LogP contribution is -2.47. The zero-order valence-corrected chi connectivity index (χ0v) is 30.3. The van der Waals surface area contributed by atoms with Crippen LogP contribution in [0.1, 0.15) is 82.5 Å². The molecule has 0 radical (unpaired) electrons. The molecule has 0 saturated heterocycles. The zero-order valence-electron chi connectivity index (χ0n) is 30.3. The maximum atomic E-state index is 13.4. The summed E-state index contributed by atoms with van der Waals surface area (Å²) in [6.45, 7) is 15.3. The number of aliphatic hydroxyl groups excluding tert-OH is 2. The fraction of sp³-hybridized carbons (Fsp3) is 0.556. The standard InChI is InChI=1S/C36H53N3O10/c1-11-36(7,8)33(45-9)31(32(42)23(6)40)39-49-20-30(41)37-26-14-12-24(16-28(26)47-18-21(2)3)34(43)38-27-15-13-25(35(44)46-10)17-29(27)48-19-22(4)5/h12-17,21-23,32-33,40,42H,11,18-20H2,1-10H3,(H,37,41)(H,38,43)/b39-31+/t23-,32+,33-/m1/s1. The van der Waals surface area contributed by atoms with Gasteiger partial charge in [0.2, 0.25) is 0 Å². The molecular weight excluding hydrogens is 634 g/mol. The van der Waals surface area contributed by atoms with Crippen LogP contribution in [0.5, 0.6) is 11.5 Å². The van der Waals surface area contributed by atoms with Crippen LogP contribution in [-0.2, 0) is 19.1 Å². The van der Waals surface area contributed by atoms with Crippen molar-refractivity contribution in [3.05, 3.63) is 47.5 Å². The van der Waals surface area contributed by atoms with E-state index in [0.29, 0.717) is 36.8 Å². The quantitative estimate of drug-likeness (QED) is 0.0862. The maximum absolute atomic E-state index is 13.4. The first-order valence-electron chi connectivity index (χ1n) is 16.4. The molecule has 0 bridgehead atoms. The number of ether oxygens (including phenoxy) is 4. The van der Waals surface area contributed by atoms with Crippen LogP contribution in [0.25, 0.3) is 0 Å². The van der Waals surface area contributed by atoms with Gasteiger partial charge in [0.15, 0.2) is 6.61 Å². The number of benzene rings is 2. The molecule has 0 unspecified atom stereocenters. The smallest absolute Gasteiger partial charge is 0.337 e. The third-order valence-electron chi connectivity index (χ3n) is 7.56. The van der Waals surface area contributed by atoms with Crippen molar-refractivity contribution in [3.63, 3.8) is 0 Å². The molecule has 13 heteroatoms. The Morgan fingerprint density at radius 1 is 0.837 bits per heavy atom. The zero-order chi connectivity index (χ0) is 36.9. The molecule has 49 heavy (non-hydrogen) atoms. The second-order valence-corrected chi connectivity index (χ2v) is 13.3. The van der Waals surface area contributed by atoms with Crippen LogP contribution in [0.3, 0.4) is 0 Å². The summed E-state index contributed by atoms with van der Waals surface area (Å²) in [6, 6.07) is 9.18. The second-order valence-electron chi connectivity index (χ2n) is 13.3. The van der Waals surface area contributed by atoms with E-state index in [2.05, 4.69) is 15.8 Å². The van der Waals surface area contributed by atoms with E-state index in [1.165, 1.54) is 51.5 Å². The third-order valence-corrected chi connectivity index (χ3v) is 7.56. The molecule has 2 aromatic carbocycles. The lowest BCUT2D eigenvalue weighted by Gasteiger charge is -2.34. The van der Waals surface area contributed by atoms with Crippen molar-refractivity contribution in [2.24, 2.45) is 22.4 Å². The molecule has 2 rings (SSSR count). The molecule has 2 amide bonds. The normalized spacial score (nSPS) is 13.8. The number of nitrogens with zero attached hydrogens (tertiary/aromatic N) is 1. The maximum Gasteiger partial charge on any atom is 0.337 e. The number of methoxy groups -OCH3 is 2. The Bertz CT molecular complexity index is 1440. The Balaban J connectivity index is 2.31. The van der Waals surface area contributed by atoms with Crippen LogP contribution in [-0.4, -0.2) is 86.1 Å². The van der Waals surface area contributed by atoms with Gasteiger partial charge < -0.3 is 44.6 Å². The second kappa shape index (κ2) is 19.1. The van der Waals surface area contributed by atoms with Crippen molar-refractivity contribution in [2.75, 3.05) is 44.7 Å². The van der Waals surface area contributed by atoms with Crippen molar-refractivity contribution in [1.29, 1.82) is 0 Å². The van der Waals surface area contributed by atoms with Crippen LogP contribution in [0, 0.1) is 17.3 Å².